The molecular weight excluding hydrogens is 208 g/mol. The minimum absolute atomic E-state index is 0.555. The molecule has 3 rings (SSSR count). The highest BCUT2D eigenvalue weighted by Crippen LogP contribution is 2.27. The van der Waals surface area contributed by atoms with Crippen LogP contribution >= 0.6 is 0 Å². The average molecular weight is 220 g/mol. The second kappa shape index (κ2) is 3.95. The molecule has 2 nitrogen and oxygen atoms in total. The molecular formula is C15H12N2. The summed E-state index contributed by atoms with van der Waals surface area (Å²) in [5.41, 5.74) is 2.42. The topological polar surface area (TPSA) is 20.1 Å². The molecule has 0 aliphatic heterocycles. The number of hydrogen-bond donors (Lipinski definition) is 1. The van der Waals surface area contributed by atoms with Gasteiger partial charge >= 0.3 is 0 Å². The van der Waals surface area contributed by atoms with Gasteiger partial charge in [0.25, 0.3) is 0 Å². The van der Waals surface area contributed by atoms with Crippen molar-refractivity contribution in [2.24, 2.45) is 0 Å². The van der Waals surface area contributed by atoms with Crippen LogP contribution in [0.4, 0.5) is 0 Å². The predicted octanol–water partition coefficient (Wildman–Crippen LogP) is 3.78. The van der Waals surface area contributed by atoms with E-state index in [1.807, 2.05) is 6.20 Å². The molecule has 3 aromatic rings. The Labute approximate surface area is 99.7 Å². The molecule has 0 unspecified atom stereocenters. The molecule has 0 radical (unpaired) electrons. The number of nitrogens with one attached hydrogen (secondary N) is 1. The van der Waals surface area contributed by atoms with E-state index in [9.17, 15) is 0 Å². The van der Waals surface area contributed by atoms with Gasteiger partial charge in [0.05, 0.1) is 5.52 Å². The molecule has 0 aliphatic rings. The third kappa shape index (κ3) is 1.57. The SMILES string of the molecule is [C-]#[N+]CCc1c[nH]c2c1ccc1ccccc12. The largest absolute Gasteiger partial charge is 0.360 e. The Balaban J connectivity index is 2.25. The zero-order valence-corrected chi connectivity index (χ0v) is 9.40. The first-order valence-electron chi connectivity index (χ1n) is 5.71. The molecule has 0 aliphatic carbocycles. The maximum atomic E-state index is 6.86. The van der Waals surface area contributed by atoms with Crippen LogP contribution in [0.1, 0.15) is 5.56 Å². The molecule has 1 N–H and O–H groups in total. The smallest absolute Gasteiger partial charge is 0.218 e. The van der Waals surface area contributed by atoms with Crippen LogP contribution < -0.4 is 0 Å². The minimum Gasteiger partial charge on any atom is -0.360 e. The van der Waals surface area contributed by atoms with Gasteiger partial charge in [-0.3, -0.25) is 0 Å². The quantitative estimate of drug-likeness (QED) is 0.634. The fraction of sp³-hybridized carbons (Fsp3) is 0.133. The fourth-order valence-corrected chi connectivity index (χ4v) is 2.31. The van der Waals surface area contributed by atoms with Gasteiger partial charge in [-0.2, -0.15) is 0 Å². The lowest BCUT2D eigenvalue weighted by Gasteiger charge is -1.99. The highest BCUT2D eigenvalue weighted by atomic mass is 14.7. The van der Waals surface area contributed by atoms with E-state index in [0.29, 0.717) is 6.54 Å². The summed E-state index contributed by atoms with van der Waals surface area (Å²) in [5, 5.41) is 3.74. The zero-order valence-electron chi connectivity index (χ0n) is 9.40. The van der Waals surface area contributed by atoms with E-state index in [2.05, 4.69) is 46.2 Å². The van der Waals surface area contributed by atoms with Crippen molar-refractivity contribution < 1.29 is 0 Å². The number of benzene rings is 2. The molecule has 2 heteroatoms. The van der Waals surface area contributed by atoms with Crippen molar-refractivity contribution >= 4 is 21.7 Å². The lowest BCUT2D eigenvalue weighted by molar-refractivity contribution is 1.09. The first-order valence-corrected chi connectivity index (χ1v) is 5.71. The molecule has 17 heavy (non-hydrogen) atoms. The van der Waals surface area contributed by atoms with E-state index < -0.39 is 0 Å². The molecule has 0 atom stereocenters. The Bertz CT molecular complexity index is 716. The van der Waals surface area contributed by atoms with Crippen molar-refractivity contribution in [1.29, 1.82) is 0 Å². The summed E-state index contributed by atoms with van der Waals surface area (Å²) in [5.74, 6) is 0. The van der Waals surface area contributed by atoms with E-state index in [0.717, 1.165) is 6.42 Å². The summed E-state index contributed by atoms with van der Waals surface area (Å²) < 4.78 is 0. The maximum absolute atomic E-state index is 6.86. The summed E-state index contributed by atoms with van der Waals surface area (Å²) in [7, 11) is 0. The minimum atomic E-state index is 0.555. The molecule has 0 saturated heterocycles. The summed E-state index contributed by atoms with van der Waals surface area (Å²) >= 11 is 0. The molecule has 2 aromatic carbocycles. The highest BCUT2D eigenvalue weighted by Gasteiger charge is 2.07. The lowest BCUT2D eigenvalue weighted by atomic mass is 10.0. The lowest BCUT2D eigenvalue weighted by Crippen LogP contribution is -1.84. The first kappa shape index (κ1) is 9.92. The van der Waals surface area contributed by atoms with E-state index in [-0.39, 0.29) is 0 Å². The monoisotopic (exact) mass is 220 g/mol. The van der Waals surface area contributed by atoms with Gasteiger partial charge < -0.3 is 9.83 Å². The molecule has 0 spiro atoms. The van der Waals surface area contributed by atoms with Crippen molar-refractivity contribution in [3.05, 3.63) is 59.6 Å². The van der Waals surface area contributed by atoms with Gasteiger partial charge in [0.15, 0.2) is 0 Å². The predicted molar refractivity (Wildman–Crippen MR) is 71.0 cm³/mol. The van der Waals surface area contributed by atoms with Crippen molar-refractivity contribution in [1.82, 2.24) is 4.98 Å². The number of hydrogen-bond acceptors (Lipinski definition) is 0. The van der Waals surface area contributed by atoms with Crippen LogP contribution in [0.5, 0.6) is 0 Å². The molecule has 82 valence electrons. The van der Waals surface area contributed by atoms with E-state index in [1.54, 1.807) is 0 Å². The second-order valence-electron chi connectivity index (χ2n) is 4.15. The van der Waals surface area contributed by atoms with Crippen molar-refractivity contribution in [3.8, 4) is 0 Å². The summed E-state index contributed by atoms with van der Waals surface area (Å²) in [6.07, 6.45) is 2.85. The molecule has 0 bridgehead atoms. The van der Waals surface area contributed by atoms with Gasteiger partial charge in [0.1, 0.15) is 0 Å². The van der Waals surface area contributed by atoms with Crippen molar-refractivity contribution in [3.63, 3.8) is 0 Å². The number of aromatic amines is 1. The Kier molecular flexibility index (Phi) is 2.31. The molecule has 0 saturated carbocycles. The fourth-order valence-electron chi connectivity index (χ4n) is 2.31. The normalized spacial score (nSPS) is 10.8. The van der Waals surface area contributed by atoms with Crippen LogP contribution in [0.15, 0.2) is 42.6 Å². The molecule has 0 fully saturated rings. The average Bonchev–Trinajstić information content (AvgIpc) is 2.80. The number of nitrogens with zero attached hydrogens (tertiary/aromatic N) is 1. The summed E-state index contributed by atoms with van der Waals surface area (Å²) in [6.45, 7) is 7.41. The van der Waals surface area contributed by atoms with Gasteiger partial charge in [-0.05, 0) is 10.9 Å². The van der Waals surface area contributed by atoms with Crippen molar-refractivity contribution in [2.75, 3.05) is 6.54 Å². The van der Waals surface area contributed by atoms with Crippen molar-refractivity contribution in [2.45, 2.75) is 6.42 Å². The van der Waals surface area contributed by atoms with E-state index in [4.69, 9.17) is 6.57 Å². The van der Waals surface area contributed by atoms with Crippen LogP contribution in [0.25, 0.3) is 26.5 Å². The van der Waals surface area contributed by atoms with E-state index in [1.165, 1.54) is 27.2 Å². The first-order chi connectivity index (χ1) is 8.40. The summed E-state index contributed by atoms with van der Waals surface area (Å²) in [4.78, 5) is 6.75. The van der Waals surface area contributed by atoms with E-state index >= 15 is 0 Å². The number of rotatable bonds is 2. The van der Waals surface area contributed by atoms with Crippen LogP contribution in [0.2, 0.25) is 0 Å². The maximum Gasteiger partial charge on any atom is 0.218 e. The number of aromatic nitrogens is 1. The molecule has 1 heterocycles. The Morgan fingerprint density at radius 2 is 1.94 bits per heavy atom. The highest BCUT2D eigenvalue weighted by molar-refractivity contribution is 6.06. The Morgan fingerprint density at radius 1 is 1.06 bits per heavy atom. The van der Waals surface area contributed by atoms with Crippen LogP contribution in [0.3, 0.4) is 0 Å². The van der Waals surface area contributed by atoms with Gasteiger partial charge in [-0.1, -0.05) is 36.4 Å². The van der Waals surface area contributed by atoms with Gasteiger partial charge in [-0.15, -0.1) is 0 Å². The second-order valence-corrected chi connectivity index (χ2v) is 4.15. The van der Waals surface area contributed by atoms with Crippen LogP contribution in [-0.4, -0.2) is 11.5 Å². The third-order valence-corrected chi connectivity index (χ3v) is 3.16. The van der Waals surface area contributed by atoms with Gasteiger partial charge in [-0.25, -0.2) is 6.57 Å². The molecule has 1 aromatic heterocycles. The van der Waals surface area contributed by atoms with Crippen LogP contribution in [-0.2, 0) is 6.42 Å². The van der Waals surface area contributed by atoms with Gasteiger partial charge in [0.2, 0.25) is 6.54 Å². The number of H-pyrrole nitrogens is 1. The molecule has 0 amide bonds. The number of fused-ring (bicyclic) bond motifs is 3. The standard InChI is InChI=1S/C15H12N2/c1-16-9-8-12-10-17-15-13-5-3-2-4-11(13)6-7-14(12)15/h2-7,10,17H,8-9H2. The Hall–Kier alpha value is -2.27. The van der Waals surface area contributed by atoms with Crippen LogP contribution in [0, 0.1) is 6.57 Å². The Morgan fingerprint density at radius 3 is 2.82 bits per heavy atom. The zero-order chi connectivity index (χ0) is 11.7. The third-order valence-electron chi connectivity index (χ3n) is 3.16. The van der Waals surface area contributed by atoms with Gasteiger partial charge in [0, 0.05) is 23.4 Å². The summed E-state index contributed by atoms with van der Waals surface area (Å²) in [6, 6.07) is 12.7.